The van der Waals surface area contributed by atoms with Gasteiger partial charge in [-0.05, 0) is 18.5 Å². The lowest BCUT2D eigenvalue weighted by atomic mass is 10.1. The molecule has 0 spiro atoms. The van der Waals surface area contributed by atoms with Crippen molar-refractivity contribution in [2.24, 2.45) is 0 Å². The van der Waals surface area contributed by atoms with Crippen molar-refractivity contribution in [1.29, 1.82) is 0 Å². The van der Waals surface area contributed by atoms with E-state index in [1.807, 2.05) is 30.3 Å². The fourth-order valence-corrected chi connectivity index (χ4v) is 2.49. The van der Waals surface area contributed by atoms with Gasteiger partial charge in [0, 0.05) is 19.6 Å². The first-order chi connectivity index (χ1) is 11.2. The summed E-state index contributed by atoms with van der Waals surface area (Å²) < 4.78 is 5.26. The molecule has 1 aromatic carbocycles. The normalized spacial score (nSPS) is 17.3. The zero-order valence-corrected chi connectivity index (χ0v) is 14.8. The van der Waals surface area contributed by atoms with Crippen LogP contribution in [0.2, 0.25) is 0 Å². The zero-order valence-electron chi connectivity index (χ0n) is 14.0. The number of halogens is 1. The van der Waals surface area contributed by atoms with Crippen LogP contribution in [0.5, 0.6) is 0 Å². The quantitative estimate of drug-likeness (QED) is 0.681. The number of rotatable bonds is 8. The summed E-state index contributed by atoms with van der Waals surface area (Å²) in [6, 6.07) is 9.11. The highest BCUT2D eigenvalue weighted by Crippen LogP contribution is 2.13. The molecular formula is C17H26ClN3O3. The molecule has 1 fully saturated rings. The summed E-state index contributed by atoms with van der Waals surface area (Å²) in [6.45, 7) is 5.00. The molecule has 0 aliphatic carbocycles. The summed E-state index contributed by atoms with van der Waals surface area (Å²) in [6.07, 6.45) is 1.06. The molecule has 1 aliphatic heterocycles. The highest BCUT2D eigenvalue weighted by molar-refractivity contribution is 5.89. The summed E-state index contributed by atoms with van der Waals surface area (Å²) in [5, 5.41) is 6.10. The Labute approximate surface area is 149 Å². The Bertz CT molecular complexity index is 513. The van der Waals surface area contributed by atoms with Crippen LogP contribution in [0.25, 0.3) is 0 Å². The monoisotopic (exact) mass is 355 g/mol. The molecule has 1 atom stereocenters. The number of carbonyl (C=O) groups is 2. The topological polar surface area (TPSA) is 70.7 Å². The summed E-state index contributed by atoms with van der Waals surface area (Å²) >= 11 is 0. The molecule has 7 heteroatoms. The molecule has 0 unspecified atom stereocenters. The molecule has 1 aliphatic rings. The summed E-state index contributed by atoms with van der Waals surface area (Å²) in [4.78, 5) is 26.1. The van der Waals surface area contributed by atoms with Crippen LogP contribution in [0.15, 0.2) is 30.3 Å². The Morgan fingerprint density at radius 1 is 1.25 bits per heavy atom. The molecule has 0 radical (unpaired) electrons. The smallest absolute Gasteiger partial charge is 0.249 e. The lowest BCUT2D eigenvalue weighted by molar-refractivity contribution is -0.155. The Morgan fingerprint density at radius 2 is 2.00 bits per heavy atom. The number of nitrogens with one attached hydrogen (secondary N) is 2. The van der Waals surface area contributed by atoms with E-state index in [4.69, 9.17) is 4.74 Å². The van der Waals surface area contributed by atoms with Crippen LogP contribution in [0.3, 0.4) is 0 Å². The molecule has 2 N–H and O–H groups in total. The first kappa shape index (κ1) is 20.4. The Morgan fingerprint density at radius 3 is 2.71 bits per heavy atom. The fraction of sp³-hybridized carbons (Fsp3) is 0.529. The molecule has 24 heavy (non-hydrogen) atoms. The number of carbonyl (C=O) groups excluding carboxylic acids is 2. The lowest BCUT2D eigenvalue weighted by Gasteiger charge is -2.34. The van der Waals surface area contributed by atoms with Gasteiger partial charge < -0.3 is 20.3 Å². The van der Waals surface area contributed by atoms with Gasteiger partial charge in [-0.2, -0.15) is 0 Å². The van der Waals surface area contributed by atoms with Crippen LogP contribution < -0.4 is 10.6 Å². The van der Waals surface area contributed by atoms with Crippen molar-refractivity contribution in [3.05, 3.63) is 35.9 Å². The number of ether oxygens (including phenoxy) is 1. The third-order valence-corrected chi connectivity index (χ3v) is 3.72. The van der Waals surface area contributed by atoms with E-state index in [0.29, 0.717) is 13.1 Å². The lowest BCUT2D eigenvalue weighted by Crippen LogP contribution is -2.56. The number of benzene rings is 1. The van der Waals surface area contributed by atoms with Gasteiger partial charge >= 0.3 is 0 Å². The molecule has 6 nitrogen and oxygen atoms in total. The molecule has 2 rings (SSSR count). The van der Waals surface area contributed by atoms with Crippen molar-refractivity contribution in [1.82, 2.24) is 15.5 Å². The Kier molecular flexibility index (Phi) is 9.37. The Hall–Kier alpha value is -1.63. The van der Waals surface area contributed by atoms with E-state index < -0.39 is 6.04 Å². The third kappa shape index (κ3) is 6.11. The summed E-state index contributed by atoms with van der Waals surface area (Å²) in [5.74, 6) is -0.309. The molecule has 1 saturated heterocycles. The summed E-state index contributed by atoms with van der Waals surface area (Å²) in [7, 11) is 0. The molecule has 0 saturated carbocycles. The van der Waals surface area contributed by atoms with E-state index in [-0.39, 0.29) is 37.4 Å². The van der Waals surface area contributed by atoms with Gasteiger partial charge in [-0.15, -0.1) is 12.4 Å². The molecule has 1 aromatic rings. The molecule has 1 heterocycles. The van der Waals surface area contributed by atoms with Crippen molar-refractivity contribution in [2.75, 3.05) is 32.8 Å². The molecule has 134 valence electrons. The van der Waals surface area contributed by atoms with Crippen LogP contribution >= 0.6 is 12.4 Å². The van der Waals surface area contributed by atoms with E-state index in [9.17, 15) is 9.59 Å². The van der Waals surface area contributed by atoms with Gasteiger partial charge in [0.05, 0.1) is 6.61 Å². The van der Waals surface area contributed by atoms with Crippen molar-refractivity contribution in [3.63, 3.8) is 0 Å². The van der Waals surface area contributed by atoms with Crippen LogP contribution in [0.1, 0.15) is 18.9 Å². The van der Waals surface area contributed by atoms with Gasteiger partial charge in [0.2, 0.25) is 11.8 Å². The maximum Gasteiger partial charge on any atom is 0.249 e. The first-order valence-electron chi connectivity index (χ1n) is 8.12. The maximum absolute atomic E-state index is 12.4. The highest BCUT2D eigenvalue weighted by atomic mass is 35.5. The van der Waals surface area contributed by atoms with E-state index in [1.165, 1.54) is 0 Å². The van der Waals surface area contributed by atoms with Gasteiger partial charge in [0.25, 0.3) is 0 Å². The van der Waals surface area contributed by atoms with E-state index >= 15 is 0 Å². The van der Waals surface area contributed by atoms with E-state index in [0.717, 1.165) is 25.1 Å². The number of hydrogen-bond donors (Lipinski definition) is 2. The van der Waals surface area contributed by atoms with Gasteiger partial charge in [-0.25, -0.2) is 0 Å². The number of nitrogens with zero attached hydrogens (tertiary/aromatic N) is 1. The van der Waals surface area contributed by atoms with Crippen LogP contribution in [0, 0.1) is 0 Å². The third-order valence-electron chi connectivity index (χ3n) is 3.72. The van der Waals surface area contributed by atoms with Crippen LogP contribution in [-0.4, -0.2) is 55.6 Å². The SMILES string of the molecule is CCCNCCNC(=O)[C@H]1COCC(=O)N1Cc1ccccc1.Cl. The second kappa shape index (κ2) is 11.0. The second-order valence-corrected chi connectivity index (χ2v) is 5.58. The van der Waals surface area contributed by atoms with Gasteiger partial charge in [0.15, 0.2) is 0 Å². The van der Waals surface area contributed by atoms with Crippen LogP contribution in [-0.2, 0) is 20.9 Å². The number of amides is 2. The first-order valence-corrected chi connectivity index (χ1v) is 8.12. The molecular weight excluding hydrogens is 330 g/mol. The Balaban J connectivity index is 0.00000288. The predicted molar refractivity (Wildman–Crippen MR) is 95.0 cm³/mol. The summed E-state index contributed by atoms with van der Waals surface area (Å²) in [5.41, 5.74) is 1.00. The van der Waals surface area contributed by atoms with Gasteiger partial charge in [0.1, 0.15) is 12.6 Å². The average molecular weight is 356 g/mol. The highest BCUT2D eigenvalue weighted by Gasteiger charge is 2.33. The standard InChI is InChI=1S/C17H25N3O3.ClH/c1-2-8-18-9-10-19-17(22)15-12-23-13-16(21)20(15)11-14-6-4-3-5-7-14;/h3-7,15,18H,2,8-13H2,1H3,(H,19,22);1H/t15-;/m1./s1. The minimum absolute atomic E-state index is 0. The van der Waals surface area contributed by atoms with Gasteiger partial charge in [-0.1, -0.05) is 37.3 Å². The molecule has 0 aromatic heterocycles. The van der Waals surface area contributed by atoms with E-state index in [1.54, 1.807) is 4.90 Å². The number of hydrogen-bond acceptors (Lipinski definition) is 4. The minimum Gasteiger partial charge on any atom is -0.369 e. The number of morpholine rings is 1. The zero-order chi connectivity index (χ0) is 16.5. The second-order valence-electron chi connectivity index (χ2n) is 5.58. The predicted octanol–water partition coefficient (Wildman–Crippen LogP) is 0.952. The van der Waals surface area contributed by atoms with Crippen molar-refractivity contribution >= 4 is 24.2 Å². The van der Waals surface area contributed by atoms with Crippen molar-refractivity contribution in [3.8, 4) is 0 Å². The van der Waals surface area contributed by atoms with Gasteiger partial charge in [-0.3, -0.25) is 9.59 Å². The molecule has 2 amide bonds. The molecule has 0 bridgehead atoms. The largest absolute Gasteiger partial charge is 0.369 e. The van der Waals surface area contributed by atoms with E-state index in [2.05, 4.69) is 17.6 Å². The van der Waals surface area contributed by atoms with Crippen molar-refractivity contribution in [2.45, 2.75) is 25.9 Å². The fourth-order valence-electron chi connectivity index (χ4n) is 2.49. The van der Waals surface area contributed by atoms with Crippen molar-refractivity contribution < 1.29 is 14.3 Å². The minimum atomic E-state index is -0.567. The van der Waals surface area contributed by atoms with Crippen LogP contribution in [0.4, 0.5) is 0 Å². The maximum atomic E-state index is 12.4. The average Bonchev–Trinajstić information content (AvgIpc) is 2.57.